The average molecular weight is 122 g/mol. The molecule has 2 heteroatoms. The molecule has 2 atom stereocenters. The molecular weight excluding hydrogens is 110 g/mol. The monoisotopic (exact) mass is 121 g/mol. The highest BCUT2D eigenvalue weighted by atomic mass is 35.5. The highest BCUT2D eigenvalue weighted by Gasteiger charge is 2.30. The van der Waals surface area contributed by atoms with E-state index in [1.165, 1.54) is 6.42 Å². The lowest BCUT2D eigenvalue weighted by Gasteiger charge is -1.80. The van der Waals surface area contributed by atoms with Crippen LogP contribution in [0.5, 0.6) is 0 Å². The maximum Gasteiger partial charge on any atom is -0.00462 e. The Kier molecular flexibility index (Phi) is 2.62. The molecule has 0 aliphatic heterocycles. The molecule has 0 radical (unpaired) electrons. The van der Waals surface area contributed by atoms with Gasteiger partial charge in [-0.15, -0.1) is 12.4 Å². The van der Waals surface area contributed by atoms with Crippen LogP contribution in [0.2, 0.25) is 0 Å². The molecule has 1 aliphatic carbocycles. The van der Waals surface area contributed by atoms with E-state index >= 15 is 0 Å². The molecule has 0 unspecified atom stereocenters. The van der Waals surface area contributed by atoms with Crippen LogP contribution in [0.1, 0.15) is 13.3 Å². The predicted octanol–water partition coefficient (Wildman–Crippen LogP) is 1.02. The van der Waals surface area contributed by atoms with E-state index in [-0.39, 0.29) is 12.4 Å². The Bertz CT molecular complexity index is 54.0. The van der Waals surface area contributed by atoms with Crippen LogP contribution < -0.4 is 5.73 Å². The molecular formula is C5H12ClN. The van der Waals surface area contributed by atoms with Crippen LogP contribution in [-0.4, -0.2) is 6.54 Å². The number of rotatable bonds is 1. The molecule has 0 spiro atoms. The van der Waals surface area contributed by atoms with Gasteiger partial charge in [-0.05, 0) is 24.8 Å². The Hall–Kier alpha value is 0.250. The van der Waals surface area contributed by atoms with E-state index in [0.717, 1.165) is 18.4 Å². The third kappa shape index (κ3) is 1.66. The van der Waals surface area contributed by atoms with Gasteiger partial charge in [-0.2, -0.15) is 0 Å². The third-order valence-electron chi connectivity index (χ3n) is 1.58. The lowest BCUT2D eigenvalue weighted by atomic mass is 10.3. The third-order valence-corrected chi connectivity index (χ3v) is 1.58. The molecule has 0 saturated heterocycles. The van der Waals surface area contributed by atoms with Gasteiger partial charge in [-0.3, -0.25) is 0 Å². The minimum absolute atomic E-state index is 0. The largest absolute Gasteiger partial charge is 0.330 e. The molecule has 0 bridgehead atoms. The zero-order chi connectivity index (χ0) is 4.57. The molecule has 0 heterocycles. The minimum atomic E-state index is 0. The lowest BCUT2D eigenvalue weighted by Crippen LogP contribution is -2.00. The maximum atomic E-state index is 5.32. The van der Waals surface area contributed by atoms with Crippen LogP contribution in [0.4, 0.5) is 0 Å². The fourth-order valence-electron chi connectivity index (χ4n) is 0.728. The normalized spacial score (nSPS) is 36.9. The summed E-state index contributed by atoms with van der Waals surface area (Å²) in [5.41, 5.74) is 5.32. The molecule has 1 saturated carbocycles. The minimum Gasteiger partial charge on any atom is -0.330 e. The van der Waals surface area contributed by atoms with Crippen molar-refractivity contribution in [3.8, 4) is 0 Å². The first kappa shape index (κ1) is 7.25. The molecule has 0 aromatic carbocycles. The van der Waals surface area contributed by atoms with E-state index in [9.17, 15) is 0 Å². The number of halogens is 1. The van der Waals surface area contributed by atoms with Crippen molar-refractivity contribution in [2.24, 2.45) is 17.6 Å². The van der Waals surface area contributed by atoms with Gasteiger partial charge in [0.05, 0.1) is 0 Å². The fourth-order valence-corrected chi connectivity index (χ4v) is 0.728. The van der Waals surface area contributed by atoms with Gasteiger partial charge >= 0.3 is 0 Å². The van der Waals surface area contributed by atoms with Gasteiger partial charge in [0.25, 0.3) is 0 Å². The number of nitrogens with two attached hydrogens (primary N) is 1. The molecule has 1 rings (SSSR count). The summed E-state index contributed by atoms with van der Waals surface area (Å²) < 4.78 is 0. The SMILES string of the molecule is C[C@H]1C[C@H]1CN.Cl. The van der Waals surface area contributed by atoms with Gasteiger partial charge in [0.2, 0.25) is 0 Å². The number of hydrogen-bond acceptors (Lipinski definition) is 1. The zero-order valence-corrected chi connectivity index (χ0v) is 5.37. The molecule has 1 fully saturated rings. The Balaban J connectivity index is 0.000000360. The average Bonchev–Trinajstić information content (AvgIpc) is 2.19. The van der Waals surface area contributed by atoms with Crippen molar-refractivity contribution in [2.75, 3.05) is 6.54 Å². The molecule has 0 amide bonds. The first-order chi connectivity index (χ1) is 2.84. The smallest absolute Gasteiger partial charge is 0.00462 e. The zero-order valence-electron chi connectivity index (χ0n) is 4.55. The summed E-state index contributed by atoms with van der Waals surface area (Å²) in [5, 5.41) is 0. The van der Waals surface area contributed by atoms with E-state index in [2.05, 4.69) is 6.92 Å². The summed E-state index contributed by atoms with van der Waals surface area (Å²) in [6.45, 7) is 3.15. The fraction of sp³-hybridized carbons (Fsp3) is 1.00. The first-order valence-corrected chi connectivity index (χ1v) is 2.54. The maximum absolute atomic E-state index is 5.32. The summed E-state index contributed by atoms with van der Waals surface area (Å²) in [6.07, 6.45) is 1.37. The Morgan fingerprint density at radius 3 is 2.14 bits per heavy atom. The standard InChI is InChI=1S/C5H11N.ClH/c1-4-2-5(4)3-6;/h4-5H,2-3,6H2,1H3;1H/t4-,5-;/m0./s1. The Morgan fingerprint density at radius 2 is 2.14 bits per heavy atom. The van der Waals surface area contributed by atoms with Crippen LogP contribution in [0.15, 0.2) is 0 Å². The van der Waals surface area contributed by atoms with E-state index < -0.39 is 0 Å². The van der Waals surface area contributed by atoms with Crippen molar-refractivity contribution in [1.82, 2.24) is 0 Å². The van der Waals surface area contributed by atoms with Gasteiger partial charge in [0.15, 0.2) is 0 Å². The molecule has 1 nitrogen and oxygen atoms in total. The van der Waals surface area contributed by atoms with Crippen molar-refractivity contribution in [2.45, 2.75) is 13.3 Å². The molecule has 1 aliphatic rings. The van der Waals surface area contributed by atoms with Crippen LogP contribution in [-0.2, 0) is 0 Å². The molecule has 7 heavy (non-hydrogen) atoms. The topological polar surface area (TPSA) is 26.0 Å². The van der Waals surface area contributed by atoms with Crippen molar-refractivity contribution in [3.05, 3.63) is 0 Å². The van der Waals surface area contributed by atoms with Crippen LogP contribution in [0.25, 0.3) is 0 Å². The molecule has 2 N–H and O–H groups in total. The highest BCUT2D eigenvalue weighted by Crippen LogP contribution is 2.35. The first-order valence-electron chi connectivity index (χ1n) is 2.54. The van der Waals surface area contributed by atoms with E-state index in [1.54, 1.807) is 0 Å². The predicted molar refractivity (Wildman–Crippen MR) is 33.6 cm³/mol. The van der Waals surface area contributed by atoms with Crippen molar-refractivity contribution < 1.29 is 0 Å². The Morgan fingerprint density at radius 1 is 1.71 bits per heavy atom. The molecule has 0 aromatic rings. The van der Waals surface area contributed by atoms with Gasteiger partial charge in [0.1, 0.15) is 0 Å². The van der Waals surface area contributed by atoms with E-state index in [0.29, 0.717) is 0 Å². The van der Waals surface area contributed by atoms with Crippen molar-refractivity contribution in [3.63, 3.8) is 0 Å². The second-order valence-corrected chi connectivity index (χ2v) is 2.21. The summed E-state index contributed by atoms with van der Waals surface area (Å²) in [7, 11) is 0. The van der Waals surface area contributed by atoms with Gasteiger partial charge in [-0.25, -0.2) is 0 Å². The number of hydrogen-bond donors (Lipinski definition) is 1. The van der Waals surface area contributed by atoms with Crippen molar-refractivity contribution >= 4 is 12.4 Å². The van der Waals surface area contributed by atoms with Crippen molar-refractivity contribution in [1.29, 1.82) is 0 Å². The van der Waals surface area contributed by atoms with Gasteiger partial charge in [0, 0.05) is 0 Å². The second kappa shape index (κ2) is 2.53. The molecule has 0 aromatic heterocycles. The van der Waals surface area contributed by atoms with Crippen LogP contribution >= 0.6 is 12.4 Å². The second-order valence-electron chi connectivity index (χ2n) is 2.21. The van der Waals surface area contributed by atoms with Crippen LogP contribution in [0.3, 0.4) is 0 Å². The van der Waals surface area contributed by atoms with E-state index in [1.807, 2.05) is 0 Å². The molecule has 44 valence electrons. The highest BCUT2D eigenvalue weighted by molar-refractivity contribution is 5.85. The summed E-state index contributed by atoms with van der Waals surface area (Å²) >= 11 is 0. The summed E-state index contributed by atoms with van der Waals surface area (Å²) in [6, 6.07) is 0. The van der Waals surface area contributed by atoms with Crippen LogP contribution in [0, 0.1) is 11.8 Å². The summed E-state index contributed by atoms with van der Waals surface area (Å²) in [4.78, 5) is 0. The van der Waals surface area contributed by atoms with Gasteiger partial charge < -0.3 is 5.73 Å². The quantitative estimate of drug-likeness (QED) is 0.551. The Labute approximate surface area is 50.7 Å². The lowest BCUT2D eigenvalue weighted by molar-refractivity contribution is 0.761. The van der Waals surface area contributed by atoms with Gasteiger partial charge in [-0.1, -0.05) is 6.92 Å². The summed E-state index contributed by atoms with van der Waals surface area (Å²) in [5.74, 6) is 1.82. The van der Waals surface area contributed by atoms with E-state index in [4.69, 9.17) is 5.73 Å².